The standard InChI is InChI=1S/C15H15F2NO/c1-10-7-13(16)5-6-14(10)19-9-12-4-2-3-11(8-18)15(12)17/h2-7H,8-9,18H2,1H3. The van der Waals surface area contributed by atoms with Crippen molar-refractivity contribution in [2.75, 3.05) is 0 Å². The van der Waals surface area contributed by atoms with Crippen LogP contribution < -0.4 is 10.5 Å². The van der Waals surface area contributed by atoms with E-state index in [4.69, 9.17) is 10.5 Å². The molecule has 0 aromatic heterocycles. The molecule has 0 unspecified atom stereocenters. The molecule has 0 atom stereocenters. The number of rotatable bonds is 4. The summed E-state index contributed by atoms with van der Waals surface area (Å²) in [5.41, 5.74) is 7.01. The van der Waals surface area contributed by atoms with Gasteiger partial charge in [0.2, 0.25) is 0 Å². The Labute approximate surface area is 110 Å². The van der Waals surface area contributed by atoms with Crippen molar-refractivity contribution in [2.45, 2.75) is 20.1 Å². The number of ether oxygens (including phenoxy) is 1. The van der Waals surface area contributed by atoms with Crippen LogP contribution in [0.15, 0.2) is 36.4 Å². The molecule has 0 aliphatic carbocycles. The lowest BCUT2D eigenvalue weighted by Crippen LogP contribution is -2.05. The molecule has 0 spiro atoms. The van der Waals surface area contributed by atoms with E-state index in [1.807, 2.05) is 0 Å². The van der Waals surface area contributed by atoms with E-state index in [1.165, 1.54) is 18.2 Å². The van der Waals surface area contributed by atoms with Gasteiger partial charge in [-0.1, -0.05) is 18.2 Å². The van der Waals surface area contributed by atoms with Gasteiger partial charge in [-0.05, 0) is 30.7 Å². The molecule has 0 bridgehead atoms. The maximum Gasteiger partial charge on any atom is 0.134 e. The van der Waals surface area contributed by atoms with Gasteiger partial charge in [0.05, 0.1) is 0 Å². The van der Waals surface area contributed by atoms with Crippen molar-refractivity contribution in [3.05, 3.63) is 64.7 Å². The van der Waals surface area contributed by atoms with Gasteiger partial charge in [0.15, 0.2) is 0 Å². The summed E-state index contributed by atoms with van der Waals surface area (Å²) >= 11 is 0. The Hall–Kier alpha value is -1.94. The second-order valence-electron chi connectivity index (χ2n) is 4.29. The van der Waals surface area contributed by atoms with Crippen LogP contribution in [0.3, 0.4) is 0 Å². The molecule has 2 nitrogen and oxygen atoms in total. The first kappa shape index (κ1) is 13.5. The van der Waals surface area contributed by atoms with Crippen LogP contribution in [0.5, 0.6) is 5.75 Å². The molecule has 0 aliphatic rings. The van der Waals surface area contributed by atoms with Gasteiger partial charge in [-0.15, -0.1) is 0 Å². The molecular weight excluding hydrogens is 248 g/mol. The zero-order valence-electron chi connectivity index (χ0n) is 10.6. The van der Waals surface area contributed by atoms with Crippen molar-refractivity contribution in [3.63, 3.8) is 0 Å². The molecule has 0 heterocycles. The molecule has 0 amide bonds. The molecule has 19 heavy (non-hydrogen) atoms. The minimum atomic E-state index is -0.343. The van der Waals surface area contributed by atoms with Gasteiger partial charge < -0.3 is 10.5 Å². The van der Waals surface area contributed by atoms with Crippen molar-refractivity contribution in [1.29, 1.82) is 0 Å². The predicted octanol–water partition coefficient (Wildman–Crippen LogP) is 3.31. The van der Waals surface area contributed by atoms with E-state index in [0.29, 0.717) is 22.4 Å². The summed E-state index contributed by atoms with van der Waals surface area (Å²) in [4.78, 5) is 0. The van der Waals surface area contributed by atoms with Crippen molar-refractivity contribution in [1.82, 2.24) is 0 Å². The van der Waals surface area contributed by atoms with E-state index < -0.39 is 0 Å². The van der Waals surface area contributed by atoms with Crippen LogP contribution in [0.25, 0.3) is 0 Å². The second kappa shape index (κ2) is 5.80. The summed E-state index contributed by atoms with van der Waals surface area (Å²) in [5, 5.41) is 0. The second-order valence-corrected chi connectivity index (χ2v) is 4.29. The largest absolute Gasteiger partial charge is 0.489 e. The number of nitrogens with two attached hydrogens (primary N) is 1. The normalized spacial score (nSPS) is 10.5. The van der Waals surface area contributed by atoms with Crippen LogP contribution in [0.2, 0.25) is 0 Å². The van der Waals surface area contributed by atoms with Crippen molar-refractivity contribution < 1.29 is 13.5 Å². The van der Waals surface area contributed by atoms with Crippen molar-refractivity contribution >= 4 is 0 Å². The monoisotopic (exact) mass is 263 g/mol. The van der Waals surface area contributed by atoms with Crippen LogP contribution >= 0.6 is 0 Å². The number of benzene rings is 2. The SMILES string of the molecule is Cc1cc(F)ccc1OCc1cccc(CN)c1F. The molecule has 100 valence electrons. The highest BCUT2D eigenvalue weighted by Crippen LogP contribution is 2.21. The molecule has 2 rings (SSSR count). The maximum atomic E-state index is 13.9. The Morgan fingerprint density at radius 3 is 2.53 bits per heavy atom. The summed E-state index contributed by atoms with van der Waals surface area (Å²) in [7, 11) is 0. The van der Waals surface area contributed by atoms with Crippen LogP contribution in [0.1, 0.15) is 16.7 Å². The molecule has 0 aliphatic heterocycles. The van der Waals surface area contributed by atoms with Crippen LogP contribution in [-0.4, -0.2) is 0 Å². The van der Waals surface area contributed by atoms with Crippen LogP contribution in [0.4, 0.5) is 8.78 Å². The summed E-state index contributed by atoms with van der Waals surface area (Å²) in [5.74, 6) is -0.120. The Morgan fingerprint density at radius 1 is 1.11 bits per heavy atom. The number of aryl methyl sites for hydroxylation is 1. The molecular formula is C15H15F2NO. The van der Waals surface area contributed by atoms with Gasteiger partial charge in [-0.25, -0.2) is 8.78 Å². The smallest absolute Gasteiger partial charge is 0.134 e. The van der Waals surface area contributed by atoms with Crippen molar-refractivity contribution in [2.24, 2.45) is 5.73 Å². The zero-order valence-corrected chi connectivity index (χ0v) is 10.6. The Bertz CT molecular complexity index is 584. The quantitative estimate of drug-likeness (QED) is 0.918. The Morgan fingerprint density at radius 2 is 1.84 bits per heavy atom. The fourth-order valence-corrected chi connectivity index (χ4v) is 1.83. The molecule has 2 aromatic rings. The highest BCUT2D eigenvalue weighted by Gasteiger charge is 2.08. The average Bonchev–Trinajstić information content (AvgIpc) is 2.39. The minimum absolute atomic E-state index is 0.0894. The van der Waals surface area contributed by atoms with Gasteiger partial charge in [-0.3, -0.25) is 0 Å². The summed E-state index contributed by atoms with van der Waals surface area (Å²) in [6.45, 7) is 1.98. The Kier molecular flexibility index (Phi) is 4.12. The first-order chi connectivity index (χ1) is 9.11. The van der Waals surface area contributed by atoms with E-state index >= 15 is 0 Å². The number of halogens is 2. The first-order valence-corrected chi connectivity index (χ1v) is 5.97. The summed E-state index contributed by atoms with van der Waals surface area (Å²) in [6.07, 6.45) is 0. The number of hydrogen-bond acceptors (Lipinski definition) is 2. The van der Waals surface area contributed by atoms with Crippen LogP contribution in [-0.2, 0) is 13.2 Å². The molecule has 0 radical (unpaired) electrons. The molecule has 2 N–H and O–H groups in total. The molecule has 0 saturated heterocycles. The van der Waals surface area contributed by atoms with E-state index in [-0.39, 0.29) is 24.8 Å². The van der Waals surface area contributed by atoms with E-state index in [0.717, 1.165) is 0 Å². The minimum Gasteiger partial charge on any atom is -0.489 e. The topological polar surface area (TPSA) is 35.2 Å². The lowest BCUT2D eigenvalue weighted by atomic mass is 10.1. The first-order valence-electron chi connectivity index (χ1n) is 5.97. The van der Waals surface area contributed by atoms with Crippen molar-refractivity contribution in [3.8, 4) is 5.75 Å². The Balaban J connectivity index is 2.14. The van der Waals surface area contributed by atoms with Gasteiger partial charge in [0, 0.05) is 17.7 Å². The van der Waals surface area contributed by atoms with E-state index in [2.05, 4.69) is 0 Å². The third-order valence-electron chi connectivity index (χ3n) is 2.90. The molecule has 4 heteroatoms. The summed E-state index contributed by atoms with van der Waals surface area (Å²) < 4.78 is 32.4. The average molecular weight is 263 g/mol. The van der Waals surface area contributed by atoms with Crippen LogP contribution in [0, 0.1) is 18.6 Å². The fourth-order valence-electron chi connectivity index (χ4n) is 1.83. The lowest BCUT2D eigenvalue weighted by molar-refractivity contribution is 0.297. The zero-order chi connectivity index (χ0) is 13.8. The molecule has 0 saturated carbocycles. The highest BCUT2D eigenvalue weighted by molar-refractivity contribution is 5.33. The summed E-state index contributed by atoms with van der Waals surface area (Å²) in [6, 6.07) is 9.25. The third-order valence-corrected chi connectivity index (χ3v) is 2.90. The molecule has 0 fully saturated rings. The van der Waals surface area contributed by atoms with E-state index in [1.54, 1.807) is 25.1 Å². The maximum absolute atomic E-state index is 13.9. The fraction of sp³-hybridized carbons (Fsp3) is 0.200. The number of hydrogen-bond donors (Lipinski definition) is 1. The van der Waals surface area contributed by atoms with Gasteiger partial charge >= 0.3 is 0 Å². The van der Waals surface area contributed by atoms with E-state index in [9.17, 15) is 8.78 Å². The lowest BCUT2D eigenvalue weighted by Gasteiger charge is -2.11. The van der Waals surface area contributed by atoms with Gasteiger partial charge in [0.25, 0.3) is 0 Å². The highest BCUT2D eigenvalue weighted by atomic mass is 19.1. The molecule has 2 aromatic carbocycles. The van der Waals surface area contributed by atoms with Gasteiger partial charge in [0.1, 0.15) is 24.0 Å². The third kappa shape index (κ3) is 3.09. The van der Waals surface area contributed by atoms with Gasteiger partial charge in [-0.2, -0.15) is 0 Å². The predicted molar refractivity (Wildman–Crippen MR) is 69.8 cm³/mol.